The molecule has 0 heterocycles. The Labute approximate surface area is 106 Å². The number of benzene rings is 1. The van der Waals surface area contributed by atoms with E-state index in [4.69, 9.17) is 9.84 Å². The minimum Gasteiger partial charge on any atom is -0.504 e. The molecule has 0 aliphatic rings. The van der Waals surface area contributed by atoms with Crippen LogP contribution >= 0.6 is 0 Å². The normalized spacial score (nSPS) is 13.2. The van der Waals surface area contributed by atoms with Gasteiger partial charge in [-0.15, -0.1) is 0 Å². The van der Waals surface area contributed by atoms with Crippen molar-refractivity contribution in [1.29, 1.82) is 0 Å². The van der Waals surface area contributed by atoms with Crippen LogP contribution in [0.3, 0.4) is 0 Å². The van der Waals surface area contributed by atoms with Gasteiger partial charge in [0.25, 0.3) is 0 Å². The number of phenols is 1. The molecule has 0 fully saturated rings. The van der Waals surface area contributed by atoms with Crippen LogP contribution in [0.1, 0.15) is 38.0 Å². The smallest absolute Gasteiger partial charge is 0.337 e. The van der Waals surface area contributed by atoms with E-state index in [2.05, 4.69) is 0 Å². The highest BCUT2D eigenvalue weighted by Crippen LogP contribution is 2.38. The number of aliphatic hydroxyl groups is 1. The lowest BCUT2D eigenvalue weighted by molar-refractivity contribution is -0.147. The van der Waals surface area contributed by atoms with Crippen molar-refractivity contribution in [2.45, 2.75) is 32.3 Å². The van der Waals surface area contributed by atoms with Gasteiger partial charge < -0.3 is 20.1 Å². The van der Waals surface area contributed by atoms with Crippen molar-refractivity contribution in [1.82, 2.24) is 0 Å². The molecule has 1 aromatic rings. The number of aliphatic carboxylic acids is 1. The Morgan fingerprint density at radius 1 is 1.33 bits per heavy atom. The van der Waals surface area contributed by atoms with Gasteiger partial charge in [-0.2, -0.15) is 0 Å². The van der Waals surface area contributed by atoms with Gasteiger partial charge in [0.15, 0.2) is 17.6 Å². The third-order valence-corrected chi connectivity index (χ3v) is 2.70. The standard InChI is InChI=1S/C13H18O5/c1-13(2,3)7-5-8(10(15)12(16)17)11(18-4)9(14)6-7/h5-6,10,14-15H,1-4H3,(H,16,17). The highest BCUT2D eigenvalue weighted by molar-refractivity contribution is 5.76. The fourth-order valence-corrected chi connectivity index (χ4v) is 1.63. The minimum absolute atomic E-state index is 0.0158. The molecule has 5 heteroatoms. The molecule has 0 bridgehead atoms. The number of methoxy groups -OCH3 is 1. The highest BCUT2D eigenvalue weighted by Gasteiger charge is 2.26. The topological polar surface area (TPSA) is 87.0 Å². The quantitative estimate of drug-likeness (QED) is 0.765. The van der Waals surface area contributed by atoms with Crippen molar-refractivity contribution in [2.24, 2.45) is 0 Å². The number of aromatic hydroxyl groups is 1. The van der Waals surface area contributed by atoms with Gasteiger partial charge in [0.1, 0.15) is 0 Å². The first-order valence-electron chi connectivity index (χ1n) is 5.50. The second kappa shape index (κ2) is 4.86. The molecular weight excluding hydrogens is 236 g/mol. The van der Waals surface area contributed by atoms with Crippen molar-refractivity contribution < 1.29 is 24.9 Å². The molecule has 0 amide bonds. The number of hydrogen-bond acceptors (Lipinski definition) is 4. The van der Waals surface area contributed by atoms with Crippen LogP contribution in [-0.4, -0.2) is 28.4 Å². The monoisotopic (exact) mass is 254 g/mol. The maximum atomic E-state index is 10.9. The molecular formula is C13H18O5. The van der Waals surface area contributed by atoms with Gasteiger partial charge in [0, 0.05) is 5.56 Å². The van der Waals surface area contributed by atoms with Gasteiger partial charge in [-0.1, -0.05) is 20.8 Å². The Bertz CT molecular complexity index is 459. The zero-order chi connectivity index (χ0) is 14.1. The van der Waals surface area contributed by atoms with E-state index in [1.807, 2.05) is 20.8 Å². The second-order valence-corrected chi connectivity index (χ2v) is 5.11. The van der Waals surface area contributed by atoms with E-state index in [-0.39, 0.29) is 22.5 Å². The molecule has 0 saturated carbocycles. The molecule has 18 heavy (non-hydrogen) atoms. The van der Waals surface area contributed by atoms with Crippen LogP contribution in [-0.2, 0) is 10.2 Å². The number of rotatable bonds is 3. The third-order valence-electron chi connectivity index (χ3n) is 2.70. The number of hydrogen-bond donors (Lipinski definition) is 3. The summed E-state index contributed by atoms with van der Waals surface area (Å²) in [6.07, 6.45) is -1.73. The van der Waals surface area contributed by atoms with Gasteiger partial charge in [0.2, 0.25) is 0 Å². The summed E-state index contributed by atoms with van der Waals surface area (Å²) >= 11 is 0. The fraction of sp³-hybridized carbons (Fsp3) is 0.462. The van der Waals surface area contributed by atoms with Gasteiger partial charge in [-0.05, 0) is 23.1 Å². The molecule has 0 spiro atoms. The van der Waals surface area contributed by atoms with Crippen molar-refractivity contribution >= 4 is 5.97 Å². The summed E-state index contributed by atoms with van der Waals surface area (Å²) in [4.78, 5) is 10.9. The van der Waals surface area contributed by atoms with E-state index in [0.29, 0.717) is 0 Å². The van der Waals surface area contributed by atoms with Crippen molar-refractivity contribution in [3.63, 3.8) is 0 Å². The average Bonchev–Trinajstić information content (AvgIpc) is 2.25. The predicted octanol–water partition coefficient (Wildman–Crippen LogP) is 1.82. The average molecular weight is 254 g/mol. The summed E-state index contributed by atoms with van der Waals surface area (Å²) in [7, 11) is 1.31. The maximum absolute atomic E-state index is 10.9. The van der Waals surface area contributed by atoms with Gasteiger partial charge in [0.05, 0.1) is 7.11 Å². The Hall–Kier alpha value is -1.75. The molecule has 1 atom stereocenters. The van der Waals surface area contributed by atoms with E-state index in [1.54, 1.807) is 0 Å². The Kier molecular flexibility index (Phi) is 3.86. The Morgan fingerprint density at radius 2 is 1.89 bits per heavy atom. The van der Waals surface area contributed by atoms with E-state index in [9.17, 15) is 15.0 Å². The summed E-state index contributed by atoms with van der Waals surface area (Å²) < 4.78 is 4.94. The van der Waals surface area contributed by atoms with Gasteiger partial charge in [-0.3, -0.25) is 0 Å². The van der Waals surface area contributed by atoms with Crippen molar-refractivity contribution in [3.05, 3.63) is 23.3 Å². The van der Waals surface area contributed by atoms with Crippen LogP contribution in [0.5, 0.6) is 11.5 Å². The molecule has 5 nitrogen and oxygen atoms in total. The maximum Gasteiger partial charge on any atom is 0.337 e. The number of carbonyl (C=O) groups is 1. The lowest BCUT2D eigenvalue weighted by Crippen LogP contribution is -2.16. The zero-order valence-corrected chi connectivity index (χ0v) is 10.9. The number of carboxylic acid groups (broad SMARTS) is 1. The first-order valence-corrected chi connectivity index (χ1v) is 5.50. The molecule has 0 radical (unpaired) electrons. The minimum atomic E-state index is -1.73. The van der Waals surface area contributed by atoms with Crippen molar-refractivity contribution in [2.75, 3.05) is 7.11 Å². The molecule has 0 aliphatic heterocycles. The molecule has 0 aliphatic carbocycles. The lowest BCUT2D eigenvalue weighted by atomic mass is 9.85. The Morgan fingerprint density at radius 3 is 2.28 bits per heavy atom. The van der Waals surface area contributed by atoms with Crippen LogP contribution in [0.4, 0.5) is 0 Å². The van der Waals surface area contributed by atoms with E-state index < -0.39 is 12.1 Å². The fourth-order valence-electron chi connectivity index (χ4n) is 1.63. The summed E-state index contributed by atoms with van der Waals surface area (Å²) in [6, 6.07) is 3.05. The van der Waals surface area contributed by atoms with Gasteiger partial charge in [-0.25, -0.2) is 4.79 Å². The lowest BCUT2D eigenvalue weighted by Gasteiger charge is -2.22. The first kappa shape index (κ1) is 14.3. The summed E-state index contributed by atoms with van der Waals surface area (Å²) in [6.45, 7) is 5.77. The highest BCUT2D eigenvalue weighted by atomic mass is 16.5. The van der Waals surface area contributed by atoms with E-state index in [0.717, 1.165) is 5.56 Å². The second-order valence-electron chi connectivity index (χ2n) is 5.11. The summed E-state index contributed by atoms with van der Waals surface area (Å²) in [5, 5.41) is 28.3. The van der Waals surface area contributed by atoms with Crippen LogP contribution in [0.25, 0.3) is 0 Å². The van der Waals surface area contributed by atoms with Crippen LogP contribution in [0, 0.1) is 0 Å². The summed E-state index contributed by atoms with van der Waals surface area (Å²) in [5.74, 6) is -1.59. The first-order chi connectivity index (χ1) is 8.18. The third kappa shape index (κ3) is 2.73. The largest absolute Gasteiger partial charge is 0.504 e. The van der Waals surface area contributed by atoms with Crippen LogP contribution in [0.2, 0.25) is 0 Å². The molecule has 3 N–H and O–H groups in total. The Balaban J connectivity index is 3.46. The zero-order valence-electron chi connectivity index (χ0n) is 10.9. The number of aliphatic hydroxyl groups excluding tert-OH is 1. The number of phenolic OH excluding ortho intramolecular Hbond substituents is 1. The van der Waals surface area contributed by atoms with Crippen molar-refractivity contribution in [3.8, 4) is 11.5 Å². The number of carboxylic acids is 1. The van der Waals surface area contributed by atoms with Crippen LogP contribution < -0.4 is 4.74 Å². The van der Waals surface area contributed by atoms with Crippen LogP contribution in [0.15, 0.2) is 12.1 Å². The molecule has 1 rings (SSSR count). The van der Waals surface area contributed by atoms with E-state index in [1.165, 1.54) is 19.2 Å². The molecule has 0 aromatic heterocycles. The molecule has 1 aromatic carbocycles. The predicted molar refractivity (Wildman–Crippen MR) is 66.0 cm³/mol. The van der Waals surface area contributed by atoms with Gasteiger partial charge >= 0.3 is 5.97 Å². The number of ether oxygens (including phenoxy) is 1. The van der Waals surface area contributed by atoms with E-state index >= 15 is 0 Å². The molecule has 0 saturated heterocycles. The molecule has 100 valence electrons. The molecule has 1 unspecified atom stereocenters. The summed E-state index contributed by atoms with van der Waals surface area (Å²) in [5.41, 5.74) is 0.488. The SMILES string of the molecule is COc1c(O)cc(C(C)(C)C)cc1C(O)C(=O)O.